The highest BCUT2D eigenvalue weighted by atomic mass is 32.2. The Morgan fingerprint density at radius 1 is 1.22 bits per heavy atom. The van der Waals surface area contributed by atoms with E-state index in [1.54, 1.807) is 6.92 Å². The third-order valence-electron chi connectivity index (χ3n) is 5.61. The van der Waals surface area contributed by atoms with Gasteiger partial charge in [-0.25, -0.2) is 26.6 Å². The van der Waals surface area contributed by atoms with Crippen molar-refractivity contribution in [3.8, 4) is 0 Å². The minimum Gasteiger partial charge on any atom is -0.352 e. The van der Waals surface area contributed by atoms with E-state index in [0.29, 0.717) is 37.0 Å². The van der Waals surface area contributed by atoms with E-state index in [9.17, 15) is 26.8 Å². The first kappa shape index (κ1) is 25.5. The van der Waals surface area contributed by atoms with Crippen molar-refractivity contribution in [2.75, 3.05) is 35.0 Å². The number of rotatable bonds is 8. The highest BCUT2D eigenvalue weighted by Crippen LogP contribution is 2.28. The first-order valence-corrected chi connectivity index (χ1v) is 12.7. The normalized spacial score (nSPS) is 16.2. The number of benzene rings is 2. The number of anilines is 2. The van der Waals surface area contributed by atoms with Gasteiger partial charge in [0.1, 0.15) is 12.1 Å². The maximum absolute atomic E-state index is 15.1. The Morgan fingerprint density at radius 2 is 2.00 bits per heavy atom. The Kier molecular flexibility index (Phi) is 7.22. The lowest BCUT2D eigenvalue weighted by Crippen LogP contribution is -2.51. The fraction of sp³-hybridized carbons (Fsp3) is 0.304. The van der Waals surface area contributed by atoms with Crippen molar-refractivity contribution in [3.05, 3.63) is 59.0 Å². The monoisotopic (exact) mass is 521 g/mol. The van der Waals surface area contributed by atoms with Gasteiger partial charge in [0.05, 0.1) is 40.3 Å². The Labute approximate surface area is 204 Å². The highest BCUT2D eigenvalue weighted by Gasteiger charge is 2.27. The second-order valence-electron chi connectivity index (χ2n) is 8.23. The number of nitrogens with one attached hydrogen (secondary N) is 2. The summed E-state index contributed by atoms with van der Waals surface area (Å²) in [5.41, 5.74) is -1.67. The molecule has 0 saturated carbocycles. The summed E-state index contributed by atoms with van der Waals surface area (Å²) in [5.74, 6) is -5.98. The third kappa shape index (κ3) is 5.16. The summed E-state index contributed by atoms with van der Waals surface area (Å²) in [6.45, 7) is 3.04. The summed E-state index contributed by atoms with van der Waals surface area (Å²) in [6.07, 6.45) is 2.50. The van der Waals surface area contributed by atoms with Crippen LogP contribution in [0.1, 0.15) is 29.3 Å². The molecule has 1 aromatic heterocycles. The van der Waals surface area contributed by atoms with Crippen LogP contribution < -0.4 is 14.9 Å². The lowest BCUT2D eigenvalue weighted by molar-refractivity contribution is -0.109. The van der Waals surface area contributed by atoms with Crippen LogP contribution in [0.4, 0.5) is 24.7 Å². The van der Waals surface area contributed by atoms with Gasteiger partial charge in [-0.3, -0.25) is 14.5 Å². The SMILES string of the molecule is CCCS(=O)(=O)Nc1cc(F)c(F)c(C(=O)c2ccc3ncc(N4CCNC(C=O)C4)nc3c2)c1F. The molecular formula is C23H22F3N5O4S. The predicted octanol–water partition coefficient (Wildman–Crippen LogP) is 2.41. The average molecular weight is 522 g/mol. The lowest BCUT2D eigenvalue weighted by atomic mass is 10.0. The Hall–Kier alpha value is -3.58. The Bertz CT molecular complexity index is 1450. The summed E-state index contributed by atoms with van der Waals surface area (Å²) < 4.78 is 69.8. The van der Waals surface area contributed by atoms with Crippen molar-refractivity contribution >= 4 is 44.6 Å². The number of halogens is 3. The van der Waals surface area contributed by atoms with E-state index >= 15 is 4.39 Å². The zero-order valence-corrected chi connectivity index (χ0v) is 19.9. The van der Waals surface area contributed by atoms with Crippen LogP contribution in [0.25, 0.3) is 11.0 Å². The fourth-order valence-corrected chi connectivity index (χ4v) is 5.00. The molecule has 1 aliphatic heterocycles. The molecule has 0 amide bonds. The zero-order chi connectivity index (χ0) is 26.0. The van der Waals surface area contributed by atoms with Crippen molar-refractivity contribution in [2.45, 2.75) is 19.4 Å². The smallest absolute Gasteiger partial charge is 0.232 e. The number of sulfonamides is 1. The minimum atomic E-state index is -4.03. The van der Waals surface area contributed by atoms with Gasteiger partial charge >= 0.3 is 0 Å². The van der Waals surface area contributed by atoms with E-state index in [4.69, 9.17) is 0 Å². The highest BCUT2D eigenvalue weighted by molar-refractivity contribution is 7.92. The first-order chi connectivity index (χ1) is 17.1. The van der Waals surface area contributed by atoms with Crippen molar-refractivity contribution in [2.24, 2.45) is 0 Å². The molecule has 190 valence electrons. The number of piperazine rings is 1. The minimum absolute atomic E-state index is 0.203. The van der Waals surface area contributed by atoms with E-state index in [1.165, 1.54) is 24.4 Å². The maximum atomic E-state index is 15.1. The van der Waals surface area contributed by atoms with Gasteiger partial charge in [-0.05, 0) is 24.6 Å². The van der Waals surface area contributed by atoms with Crippen molar-refractivity contribution in [1.29, 1.82) is 0 Å². The van der Waals surface area contributed by atoms with E-state index in [1.807, 2.05) is 9.62 Å². The molecule has 0 bridgehead atoms. The van der Waals surface area contributed by atoms with Crippen molar-refractivity contribution in [3.63, 3.8) is 0 Å². The topological polar surface area (TPSA) is 121 Å². The van der Waals surface area contributed by atoms with Gasteiger partial charge in [0.2, 0.25) is 10.0 Å². The van der Waals surface area contributed by atoms with Crippen LogP contribution in [0, 0.1) is 17.5 Å². The molecule has 0 spiro atoms. The van der Waals surface area contributed by atoms with Gasteiger partial charge < -0.3 is 15.0 Å². The van der Waals surface area contributed by atoms with Crippen LogP contribution in [-0.2, 0) is 14.8 Å². The maximum Gasteiger partial charge on any atom is 0.232 e. The molecule has 4 rings (SSSR count). The summed E-state index contributed by atoms with van der Waals surface area (Å²) in [7, 11) is -4.03. The molecule has 1 saturated heterocycles. The molecule has 2 N–H and O–H groups in total. The fourth-order valence-electron chi connectivity index (χ4n) is 3.88. The lowest BCUT2D eigenvalue weighted by Gasteiger charge is -2.31. The standard InChI is InChI=1S/C23H22F3N5O4S/c1-2-7-36(34,35)30-18-9-15(24)21(25)20(22(18)26)23(33)13-3-4-16-17(8-13)29-19(10-28-16)31-6-5-27-14(11-31)12-32/h3-4,8-10,12,14,27,30H,2,5-7,11H2,1H3. The van der Waals surface area contributed by atoms with Crippen LogP contribution in [0.3, 0.4) is 0 Å². The molecule has 36 heavy (non-hydrogen) atoms. The molecule has 1 unspecified atom stereocenters. The van der Waals surface area contributed by atoms with Gasteiger partial charge in [-0.2, -0.15) is 0 Å². The van der Waals surface area contributed by atoms with E-state index in [0.717, 1.165) is 6.29 Å². The number of aldehydes is 1. The van der Waals surface area contributed by atoms with Gasteiger partial charge in [0.25, 0.3) is 0 Å². The molecule has 3 aromatic rings. The van der Waals surface area contributed by atoms with E-state index in [2.05, 4.69) is 15.3 Å². The average Bonchev–Trinajstić information content (AvgIpc) is 2.86. The molecule has 1 fully saturated rings. The number of hydrogen-bond acceptors (Lipinski definition) is 8. The largest absolute Gasteiger partial charge is 0.352 e. The van der Waals surface area contributed by atoms with E-state index < -0.39 is 44.5 Å². The molecule has 0 aliphatic carbocycles. The number of carbonyl (C=O) groups is 2. The van der Waals surface area contributed by atoms with Gasteiger partial charge in [0.15, 0.2) is 23.2 Å². The van der Waals surface area contributed by atoms with Crippen LogP contribution in [0.2, 0.25) is 0 Å². The van der Waals surface area contributed by atoms with Crippen LogP contribution in [0.15, 0.2) is 30.5 Å². The summed E-state index contributed by atoms with van der Waals surface area (Å²) in [6, 6.07) is 3.92. The molecule has 2 heterocycles. The van der Waals surface area contributed by atoms with E-state index in [-0.39, 0.29) is 29.3 Å². The summed E-state index contributed by atoms with van der Waals surface area (Å²) >= 11 is 0. The van der Waals surface area contributed by atoms with Crippen molar-refractivity contribution in [1.82, 2.24) is 15.3 Å². The molecule has 1 atom stereocenters. The predicted molar refractivity (Wildman–Crippen MR) is 127 cm³/mol. The number of nitrogens with zero attached hydrogens (tertiary/aromatic N) is 3. The van der Waals surface area contributed by atoms with Gasteiger partial charge in [-0.15, -0.1) is 0 Å². The van der Waals surface area contributed by atoms with Crippen LogP contribution in [-0.4, -0.2) is 61.9 Å². The van der Waals surface area contributed by atoms with Crippen molar-refractivity contribution < 1.29 is 31.2 Å². The molecule has 13 heteroatoms. The van der Waals surface area contributed by atoms with Crippen LogP contribution in [0.5, 0.6) is 0 Å². The van der Waals surface area contributed by atoms with Gasteiger partial charge in [-0.1, -0.05) is 6.92 Å². The Balaban J connectivity index is 1.72. The number of ketones is 1. The quantitative estimate of drug-likeness (QED) is 0.263. The second kappa shape index (κ2) is 10.2. The zero-order valence-electron chi connectivity index (χ0n) is 19.1. The second-order valence-corrected chi connectivity index (χ2v) is 10.1. The third-order valence-corrected chi connectivity index (χ3v) is 7.08. The summed E-state index contributed by atoms with van der Waals surface area (Å²) in [4.78, 5) is 34.8. The Morgan fingerprint density at radius 3 is 2.72 bits per heavy atom. The number of aromatic nitrogens is 2. The number of carbonyl (C=O) groups excluding carboxylic acids is 2. The molecule has 2 aromatic carbocycles. The molecular weight excluding hydrogens is 499 g/mol. The number of hydrogen-bond donors (Lipinski definition) is 2. The molecule has 9 nitrogen and oxygen atoms in total. The van der Waals surface area contributed by atoms with Gasteiger partial charge in [0, 0.05) is 31.3 Å². The number of fused-ring (bicyclic) bond motifs is 1. The summed E-state index contributed by atoms with van der Waals surface area (Å²) in [5, 5.41) is 3.04. The molecule has 1 aliphatic rings. The molecule has 0 radical (unpaired) electrons. The van der Waals surface area contributed by atoms with Crippen LogP contribution >= 0.6 is 0 Å². The first-order valence-electron chi connectivity index (χ1n) is 11.1.